The van der Waals surface area contributed by atoms with Crippen LogP contribution in [-0.2, 0) is 5.41 Å². The molecular weight excluding hydrogens is 677 g/mol. The summed E-state index contributed by atoms with van der Waals surface area (Å²) in [5, 5.41) is 4.93. The molecular formula is C49H28N4S. The van der Waals surface area contributed by atoms with Crippen LogP contribution in [0.25, 0.3) is 71.7 Å². The Morgan fingerprint density at radius 1 is 0.426 bits per heavy atom. The molecule has 0 unspecified atom stereocenters. The Bertz CT molecular complexity index is 2900. The smallest absolute Gasteiger partial charge is 0.187 e. The van der Waals surface area contributed by atoms with Gasteiger partial charge in [-0.25, -0.2) is 19.8 Å². The minimum Gasteiger partial charge on any atom is -0.238 e. The summed E-state index contributed by atoms with van der Waals surface area (Å²) in [5.74, 6) is 1.85. The van der Waals surface area contributed by atoms with Crippen LogP contribution in [-0.4, -0.2) is 15.0 Å². The lowest BCUT2D eigenvalue weighted by atomic mass is 9.66. The lowest BCUT2D eigenvalue weighted by Crippen LogP contribution is -2.32. The molecule has 8 aromatic carbocycles. The van der Waals surface area contributed by atoms with Crippen molar-refractivity contribution in [3.8, 4) is 45.3 Å². The number of fused-ring (bicyclic) bond motifs is 13. The third-order valence-electron chi connectivity index (χ3n) is 11.0. The van der Waals surface area contributed by atoms with Gasteiger partial charge in [-0.3, -0.25) is 0 Å². The van der Waals surface area contributed by atoms with Crippen LogP contribution in [0.15, 0.2) is 180 Å². The summed E-state index contributed by atoms with van der Waals surface area (Å²) in [7, 11) is 0. The van der Waals surface area contributed by atoms with Crippen LogP contribution >= 0.6 is 11.8 Å². The first-order valence-electron chi connectivity index (χ1n) is 18.0. The first-order chi connectivity index (χ1) is 26.7. The van der Waals surface area contributed by atoms with Crippen LogP contribution in [0.3, 0.4) is 0 Å². The number of aromatic nitrogens is 3. The molecule has 0 radical (unpaired) electrons. The van der Waals surface area contributed by atoms with Gasteiger partial charge in [0.1, 0.15) is 0 Å². The Hall–Kier alpha value is -6.87. The Labute approximate surface area is 316 Å². The highest BCUT2D eigenvalue weighted by atomic mass is 32.2. The average Bonchev–Trinajstić information content (AvgIpc) is 3.53. The fraction of sp³-hybridized carbons (Fsp3) is 0.0204. The van der Waals surface area contributed by atoms with E-state index in [1.54, 1.807) is 0 Å². The van der Waals surface area contributed by atoms with Crippen LogP contribution in [0.4, 0.5) is 5.69 Å². The monoisotopic (exact) mass is 704 g/mol. The molecule has 1 aliphatic carbocycles. The molecule has 5 heteroatoms. The summed E-state index contributed by atoms with van der Waals surface area (Å²) < 4.78 is 0. The van der Waals surface area contributed by atoms with Gasteiger partial charge in [0.05, 0.1) is 12.0 Å². The number of rotatable bonds is 3. The second kappa shape index (κ2) is 11.8. The Kier molecular flexibility index (Phi) is 6.73. The maximum atomic E-state index is 8.02. The second-order valence-electron chi connectivity index (χ2n) is 13.8. The topological polar surface area (TPSA) is 43.0 Å². The third kappa shape index (κ3) is 4.41. The molecule has 0 saturated heterocycles. The number of benzene rings is 8. The van der Waals surface area contributed by atoms with Gasteiger partial charge in [-0.15, -0.1) is 0 Å². The molecule has 0 atom stereocenters. The minimum atomic E-state index is -0.614. The van der Waals surface area contributed by atoms with Gasteiger partial charge in [0.15, 0.2) is 23.2 Å². The van der Waals surface area contributed by atoms with E-state index in [4.69, 9.17) is 21.5 Å². The molecule has 0 N–H and O–H groups in total. The Morgan fingerprint density at radius 3 is 1.44 bits per heavy atom. The first kappa shape index (κ1) is 30.7. The van der Waals surface area contributed by atoms with Crippen LogP contribution in [0, 0.1) is 6.57 Å². The van der Waals surface area contributed by atoms with Crippen molar-refractivity contribution in [1.29, 1.82) is 0 Å². The Balaban J connectivity index is 1.22. The quantitative estimate of drug-likeness (QED) is 0.172. The largest absolute Gasteiger partial charge is 0.238 e. The average molecular weight is 705 g/mol. The molecule has 1 aliphatic heterocycles. The molecule has 11 rings (SSSR count). The molecule has 2 heterocycles. The van der Waals surface area contributed by atoms with Gasteiger partial charge in [-0.2, -0.15) is 0 Å². The number of hydrogen-bond donors (Lipinski definition) is 0. The van der Waals surface area contributed by atoms with Crippen molar-refractivity contribution in [2.24, 2.45) is 0 Å². The standard InChI is InChI=1S/C49H28N4S/c1-50-35-23-27-41-39(29-35)38-28-34(48-52-46(32-14-4-2-5-15-32)51-47(53-48)33-16-6-3-7-17-33)22-24-40(38)49(41)42-25-20-30-12-8-10-18-36(30)44(42)54-45-37-19-11-9-13-31(37)21-26-43(45)49/h2-29H. The molecule has 0 fully saturated rings. The van der Waals surface area contributed by atoms with Crippen molar-refractivity contribution in [2.75, 3.05) is 0 Å². The molecule has 0 bridgehead atoms. The molecule has 0 saturated carbocycles. The van der Waals surface area contributed by atoms with Crippen LogP contribution in [0.1, 0.15) is 22.3 Å². The van der Waals surface area contributed by atoms with Crippen molar-refractivity contribution in [3.05, 3.63) is 204 Å². The van der Waals surface area contributed by atoms with Gasteiger partial charge in [-0.05, 0) is 67.1 Å². The molecule has 4 nitrogen and oxygen atoms in total. The van der Waals surface area contributed by atoms with Crippen LogP contribution < -0.4 is 0 Å². The third-order valence-corrected chi connectivity index (χ3v) is 12.3. The number of hydrogen-bond acceptors (Lipinski definition) is 4. The second-order valence-corrected chi connectivity index (χ2v) is 14.8. The van der Waals surface area contributed by atoms with Crippen molar-refractivity contribution in [3.63, 3.8) is 0 Å². The summed E-state index contributed by atoms with van der Waals surface area (Å²) in [6, 6.07) is 59.7. The van der Waals surface area contributed by atoms with Crippen LogP contribution in [0.2, 0.25) is 0 Å². The summed E-state index contributed by atoms with van der Waals surface area (Å²) in [6.07, 6.45) is 0. The van der Waals surface area contributed by atoms with Gasteiger partial charge < -0.3 is 0 Å². The van der Waals surface area contributed by atoms with Gasteiger partial charge in [0.25, 0.3) is 0 Å². The zero-order valence-electron chi connectivity index (χ0n) is 28.9. The molecule has 1 spiro atoms. The van der Waals surface area contributed by atoms with E-state index in [2.05, 4.69) is 108 Å². The molecule has 0 amide bonds. The minimum absolute atomic E-state index is 0.603. The van der Waals surface area contributed by atoms with Gasteiger partial charge >= 0.3 is 0 Å². The SMILES string of the molecule is [C-]#[N+]c1ccc2c(c1)-c1cc(-c3nc(-c4ccccc4)nc(-c4ccccc4)n3)ccc1C21c2ccc3ccccc3c2Sc2c1ccc1ccccc21. The first-order valence-corrected chi connectivity index (χ1v) is 18.8. The molecule has 2 aliphatic rings. The van der Waals surface area contributed by atoms with E-state index in [1.807, 2.05) is 78.5 Å². The highest BCUT2D eigenvalue weighted by Crippen LogP contribution is 2.64. The van der Waals surface area contributed by atoms with E-state index in [1.165, 1.54) is 53.6 Å². The van der Waals surface area contributed by atoms with E-state index in [0.717, 1.165) is 27.8 Å². The molecule has 1 aromatic heterocycles. The zero-order valence-corrected chi connectivity index (χ0v) is 29.7. The maximum Gasteiger partial charge on any atom is 0.187 e. The lowest BCUT2D eigenvalue weighted by molar-refractivity contribution is 0.729. The summed E-state index contributed by atoms with van der Waals surface area (Å²) >= 11 is 1.88. The van der Waals surface area contributed by atoms with Gasteiger partial charge in [0, 0.05) is 26.5 Å². The van der Waals surface area contributed by atoms with Gasteiger partial charge in [0.2, 0.25) is 0 Å². The maximum absolute atomic E-state index is 8.02. The van der Waals surface area contributed by atoms with E-state index in [-0.39, 0.29) is 0 Å². The summed E-state index contributed by atoms with van der Waals surface area (Å²) in [6.45, 7) is 8.02. The fourth-order valence-corrected chi connectivity index (χ4v) is 10.0. The summed E-state index contributed by atoms with van der Waals surface area (Å²) in [5.41, 5.74) is 9.79. The highest BCUT2D eigenvalue weighted by Gasteiger charge is 2.51. The molecule has 9 aromatic rings. The van der Waals surface area contributed by atoms with Crippen molar-refractivity contribution in [1.82, 2.24) is 15.0 Å². The predicted octanol–water partition coefficient (Wildman–Crippen LogP) is 12.6. The van der Waals surface area contributed by atoms with E-state index in [0.29, 0.717) is 23.2 Å². The Morgan fingerprint density at radius 2 is 0.889 bits per heavy atom. The van der Waals surface area contributed by atoms with Gasteiger partial charge in [-0.1, -0.05) is 169 Å². The van der Waals surface area contributed by atoms with E-state index >= 15 is 0 Å². The normalized spacial score (nSPS) is 13.2. The van der Waals surface area contributed by atoms with Crippen molar-refractivity contribution >= 4 is 39.0 Å². The predicted molar refractivity (Wildman–Crippen MR) is 219 cm³/mol. The fourth-order valence-electron chi connectivity index (χ4n) is 8.59. The van der Waals surface area contributed by atoms with E-state index < -0.39 is 5.41 Å². The zero-order chi connectivity index (χ0) is 35.8. The number of nitrogens with zero attached hydrogens (tertiary/aromatic N) is 4. The molecule has 250 valence electrons. The molecule has 54 heavy (non-hydrogen) atoms. The lowest BCUT2D eigenvalue weighted by Gasteiger charge is -2.40. The summed E-state index contributed by atoms with van der Waals surface area (Å²) in [4.78, 5) is 21.6. The highest BCUT2D eigenvalue weighted by molar-refractivity contribution is 8.00. The van der Waals surface area contributed by atoms with Crippen molar-refractivity contribution in [2.45, 2.75) is 15.2 Å². The van der Waals surface area contributed by atoms with Crippen molar-refractivity contribution < 1.29 is 0 Å². The van der Waals surface area contributed by atoms with E-state index in [9.17, 15) is 0 Å². The van der Waals surface area contributed by atoms with Crippen LogP contribution in [0.5, 0.6) is 0 Å².